The maximum Gasteiger partial charge on any atom is 0.254 e. The van der Waals surface area contributed by atoms with Gasteiger partial charge in [0.15, 0.2) is 0 Å². The van der Waals surface area contributed by atoms with Crippen LogP contribution in [0.5, 0.6) is 5.75 Å². The van der Waals surface area contributed by atoms with Gasteiger partial charge in [-0.25, -0.2) is 0 Å². The van der Waals surface area contributed by atoms with Gasteiger partial charge in [0.25, 0.3) is 5.56 Å². The summed E-state index contributed by atoms with van der Waals surface area (Å²) < 4.78 is 7.31. The van der Waals surface area contributed by atoms with Crippen LogP contribution in [0.4, 0.5) is 0 Å². The Kier molecular flexibility index (Phi) is 4.79. The van der Waals surface area contributed by atoms with Crippen LogP contribution in [0.2, 0.25) is 5.02 Å². The van der Waals surface area contributed by atoms with Crippen molar-refractivity contribution in [2.24, 2.45) is 0 Å². The maximum absolute atomic E-state index is 12.2. The van der Waals surface area contributed by atoms with Gasteiger partial charge in [-0.3, -0.25) is 4.79 Å². The van der Waals surface area contributed by atoms with Crippen molar-refractivity contribution >= 4 is 11.6 Å². The average molecular weight is 326 g/mol. The highest BCUT2D eigenvalue weighted by molar-refractivity contribution is 6.31. The fraction of sp³-hybridized carbons (Fsp3) is 0.105. The first-order chi connectivity index (χ1) is 11.2. The van der Waals surface area contributed by atoms with Crippen LogP contribution < -0.4 is 10.3 Å². The second-order valence-corrected chi connectivity index (χ2v) is 5.60. The molecule has 0 spiro atoms. The molecule has 0 N–H and O–H groups in total. The Labute approximate surface area is 139 Å². The van der Waals surface area contributed by atoms with Crippen LogP contribution in [-0.2, 0) is 13.2 Å². The molecule has 2 aromatic carbocycles. The van der Waals surface area contributed by atoms with Gasteiger partial charge in [0.05, 0.1) is 6.54 Å². The summed E-state index contributed by atoms with van der Waals surface area (Å²) in [4.78, 5) is 12.2. The fourth-order valence-electron chi connectivity index (χ4n) is 2.27. The Bertz CT molecular complexity index is 843. The third-order valence-corrected chi connectivity index (χ3v) is 3.88. The van der Waals surface area contributed by atoms with Crippen molar-refractivity contribution in [2.75, 3.05) is 0 Å². The van der Waals surface area contributed by atoms with Gasteiger partial charge in [-0.1, -0.05) is 60.1 Å². The lowest BCUT2D eigenvalue weighted by atomic mass is 10.2. The number of hydrogen-bond donors (Lipinski definition) is 0. The molecule has 23 heavy (non-hydrogen) atoms. The predicted molar refractivity (Wildman–Crippen MR) is 92.0 cm³/mol. The van der Waals surface area contributed by atoms with Crippen LogP contribution in [0.3, 0.4) is 0 Å². The Morgan fingerprint density at radius 3 is 2.43 bits per heavy atom. The Morgan fingerprint density at radius 2 is 1.70 bits per heavy atom. The molecule has 0 unspecified atom stereocenters. The van der Waals surface area contributed by atoms with E-state index in [0.29, 0.717) is 23.9 Å². The number of rotatable bonds is 5. The van der Waals surface area contributed by atoms with Crippen molar-refractivity contribution in [3.63, 3.8) is 0 Å². The second-order valence-electron chi connectivity index (χ2n) is 5.19. The van der Waals surface area contributed by atoms with E-state index in [1.807, 2.05) is 54.6 Å². The standard InChI is InChI=1S/C19H16ClNO2/c20-18-9-5-4-8-16(18)14-23-17-10-11-21(19(22)12-17)13-15-6-2-1-3-7-15/h1-12H,13-14H2. The third-order valence-electron chi connectivity index (χ3n) is 3.52. The Hall–Kier alpha value is -2.52. The first kappa shape index (κ1) is 15.4. The zero-order chi connectivity index (χ0) is 16.1. The van der Waals surface area contributed by atoms with Crippen LogP contribution in [0.1, 0.15) is 11.1 Å². The van der Waals surface area contributed by atoms with Crippen molar-refractivity contribution in [1.82, 2.24) is 4.57 Å². The number of nitrogens with zero attached hydrogens (tertiary/aromatic N) is 1. The molecule has 0 radical (unpaired) electrons. The normalized spacial score (nSPS) is 10.5. The molecular weight excluding hydrogens is 310 g/mol. The topological polar surface area (TPSA) is 31.2 Å². The number of ether oxygens (including phenoxy) is 1. The van der Waals surface area contributed by atoms with Gasteiger partial charge < -0.3 is 9.30 Å². The molecule has 0 saturated heterocycles. The monoisotopic (exact) mass is 325 g/mol. The van der Waals surface area contributed by atoms with E-state index >= 15 is 0 Å². The first-order valence-electron chi connectivity index (χ1n) is 7.33. The van der Waals surface area contributed by atoms with E-state index < -0.39 is 0 Å². The molecule has 3 aromatic rings. The van der Waals surface area contributed by atoms with E-state index in [2.05, 4.69) is 0 Å². The summed E-state index contributed by atoms with van der Waals surface area (Å²) in [7, 11) is 0. The van der Waals surface area contributed by atoms with E-state index in [1.54, 1.807) is 16.8 Å². The third kappa shape index (κ3) is 4.02. The largest absolute Gasteiger partial charge is 0.489 e. The summed E-state index contributed by atoms with van der Waals surface area (Å²) in [6.45, 7) is 0.881. The second kappa shape index (κ2) is 7.16. The van der Waals surface area contributed by atoms with Gasteiger partial charge in [0.1, 0.15) is 12.4 Å². The SMILES string of the molecule is O=c1cc(OCc2ccccc2Cl)ccn1Cc1ccccc1. The minimum Gasteiger partial charge on any atom is -0.489 e. The summed E-state index contributed by atoms with van der Waals surface area (Å²) in [5.74, 6) is 0.541. The zero-order valence-electron chi connectivity index (χ0n) is 12.5. The highest BCUT2D eigenvalue weighted by atomic mass is 35.5. The summed E-state index contributed by atoms with van der Waals surface area (Å²) in [6, 6.07) is 20.7. The molecule has 0 atom stereocenters. The van der Waals surface area contributed by atoms with Gasteiger partial charge >= 0.3 is 0 Å². The first-order valence-corrected chi connectivity index (χ1v) is 7.71. The van der Waals surface area contributed by atoms with Gasteiger partial charge in [-0.15, -0.1) is 0 Å². The van der Waals surface area contributed by atoms with Crippen molar-refractivity contribution in [3.8, 4) is 5.75 Å². The van der Waals surface area contributed by atoms with Crippen LogP contribution in [-0.4, -0.2) is 4.57 Å². The summed E-state index contributed by atoms with van der Waals surface area (Å²) in [5, 5.41) is 0.657. The molecule has 0 saturated carbocycles. The van der Waals surface area contributed by atoms with E-state index in [0.717, 1.165) is 11.1 Å². The van der Waals surface area contributed by atoms with Crippen LogP contribution >= 0.6 is 11.6 Å². The lowest BCUT2D eigenvalue weighted by Crippen LogP contribution is -2.19. The predicted octanol–water partition coefficient (Wildman–Crippen LogP) is 4.13. The van der Waals surface area contributed by atoms with Gasteiger partial charge in [-0.2, -0.15) is 0 Å². The van der Waals surface area contributed by atoms with Crippen LogP contribution in [0, 0.1) is 0 Å². The van der Waals surface area contributed by atoms with E-state index in [9.17, 15) is 4.79 Å². The van der Waals surface area contributed by atoms with E-state index in [-0.39, 0.29) is 5.56 Å². The summed E-state index contributed by atoms with van der Waals surface area (Å²) in [6.07, 6.45) is 1.75. The average Bonchev–Trinajstić information content (AvgIpc) is 2.57. The number of hydrogen-bond acceptors (Lipinski definition) is 2. The maximum atomic E-state index is 12.2. The molecule has 1 aromatic heterocycles. The smallest absolute Gasteiger partial charge is 0.254 e. The molecule has 0 aliphatic carbocycles. The highest BCUT2D eigenvalue weighted by Gasteiger charge is 2.03. The molecule has 4 heteroatoms. The van der Waals surface area contributed by atoms with E-state index in [4.69, 9.17) is 16.3 Å². The van der Waals surface area contributed by atoms with Crippen molar-refractivity contribution in [2.45, 2.75) is 13.2 Å². The lowest BCUT2D eigenvalue weighted by Gasteiger charge is -2.10. The van der Waals surface area contributed by atoms with E-state index in [1.165, 1.54) is 6.07 Å². The molecule has 0 bridgehead atoms. The minimum absolute atomic E-state index is 0.0921. The fourth-order valence-corrected chi connectivity index (χ4v) is 2.46. The Morgan fingerprint density at radius 1 is 0.957 bits per heavy atom. The molecular formula is C19H16ClNO2. The van der Waals surface area contributed by atoms with Crippen molar-refractivity contribution in [1.29, 1.82) is 0 Å². The molecule has 0 aliphatic rings. The number of pyridine rings is 1. The minimum atomic E-state index is -0.0921. The number of halogens is 1. The van der Waals surface area contributed by atoms with Gasteiger partial charge in [0, 0.05) is 22.8 Å². The van der Waals surface area contributed by atoms with Crippen LogP contribution in [0.15, 0.2) is 77.7 Å². The van der Waals surface area contributed by atoms with Crippen molar-refractivity contribution < 1.29 is 4.74 Å². The van der Waals surface area contributed by atoms with Gasteiger partial charge in [-0.05, 0) is 17.7 Å². The molecule has 1 heterocycles. The molecule has 0 amide bonds. The molecule has 3 nitrogen and oxygen atoms in total. The highest BCUT2D eigenvalue weighted by Crippen LogP contribution is 2.17. The van der Waals surface area contributed by atoms with Gasteiger partial charge in [0.2, 0.25) is 0 Å². The molecule has 0 fully saturated rings. The summed E-state index contributed by atoms with van der Waals surface area (Å²) in [5.41, 5.74) is 1.88. The zero-order valence-corrected chi connectivity index (χ0v) is 13.2. The number of aromatic nitrogens is 1. The van der Waals surface area contributed by atoms with Crippen LogP contribution in [0.25, 0.3) is 0 Å². The van der Waals surface area contributed by atoms with Crippen molar-refractivity contribution in [3.05, 3.63) is 99.4 Å². The number of benzene rings is 2. The summed E-state index contributed by atoms with van der Waals surface area (Å²) >= 11 is 6.09. The molecule has 0 aliphatic heterocycles. The Balaban J connectivity index is 1.70. The lowest BCUT2D eigenvalue weighted by molar-refractivity contribution is 0.305. The molecule has 3 rings (SSSR count). The molecule has 116 valence electrons. The quantitative estimate of drug-likeness (QED) is 0.706.